The van der Waals surface area contributed by atoms with Crippen LogP contribution in [0.1, 0.15) is 23.1 Å². The summed E-state index contributed by atoms with van der Waals surface area (Å²) in [6.45, 7) is 0. The van der Waals surface area contributed by atoms with Gasteiger partial charge in [-0.15, -0.1) is 0 Å². The summed E-state index contributed by atoms with van der Waals surface area (Å²) >= 11 is 3.46. The lowest BCUT2D eigenvalue weighted by Gasteiger charge is -2.35. The van der Waals surface area contributed by atoms with E-state index < -0.39 is 5.60 Å². The summed E-state index contributed by atoms with van der Waals surface area (Å²) in [6, 6.07) is 10.3. The minimum atomic E-state index is -1.09. The average Bonchev–Trinajstić information content (AvgIpc) is 2.47. The van der Waals surface area contributed by atoms with Crippen molar-refractivity contribution in [1.82, 2.24) is 0 Å². The van der Waals surface area contributed by atoms with Crippen molar-refractivity contribution >= 4 is 15.9 Å². The van der Waals surface area contributed by atoms with Crippen molar-refractivity contribution in [3.05, 3.63) is 63.4 Å². The van der Waals surface area contributed by atoms with E-state index in [1.165, 1.54) is 24.8 Å². The van der Waals surface area contributed by atoms with E-state index in [1.54, 1.807) is 6.07 Å². The van der Waals surface area contributed by atoms with Crippen molar-refractivity contribution in [3.63, 3.8) is 0 Å². The standard InChI is InChI=1S/C17H16BrFO2/c1-21-16-5-4-14(19)9-15(16)17(20)7-6-11-8-13(18)3-2-12(11)10-17/h2-5,8-9,20H,6-7,10H2,1H3. The van der Waals surface area contributed by atoms with Gasteiger partial charge in [0, 0.05) is 16.5 Å². The number of aryl methyl sites for hydroxylation is 1. The van der Waals surface area contributed by atoms with Gasteiger partial charge in [-0.3, -0.25) is 0 Å². The second-order valence-corrected chi connectivity index (χ2v) is 6.38. The number of hydrogen-bond acceptors (Lipinski definition) is 2. The SMILES string of the molecule is COc1ccc(F)cc1C1(O)CCc2cc(Br)ccc2C1. The topological polar surface area (TPSA) is 29.5 Å². The average molecular weight is 351 g/mol. The van der Waals surface area contributed by atoms with Gasteiger partial charge >= 0.3 is 0 Å². The van der Waals surface area contributed by atoms with Crippen LogP contribution in [0.4, 0.5) is 4.39 Å². The van der Waals surface area contributed by atoms with Crippen LogP contribution in [-0.2, 0) is 18.4 Å². The molecular weight excluding hydrogens is 335 g/mol. The third-order valence-corrected chi connectivity index (χ3v) is 4.62. The molecule has 0 fully saturated rings. The molecule has 0 saturated carbocycles. The van der Waals surface area contributed by atoms with Crippen LogP contribution in [0.5, 0.6) is 5.75 Å². The Morgan fingerprint density at radius 2 is 2.00 bits per heavy atom. The number of aliphatic hydroxyl groups is 1. The molecule has 2 aromatic carbocycles. The zero-order valence-electron chi connectivity index (χ0n) is 11.7. The Morgan fingerprint density at radius 3 is 2.76 bits per heavy atom. The lowest BCUT2D eigenvalue weighted by Crippen LogP contribution is -2.33. The van der Waals surface area contributed by atoms with E-state index in [9.17, 15) is 9.50 Å². The van der Waals surface area contributed by atoms with Crippen molar-refractivity contribution in [3.8, 4) is 5.75 Å². The molecule has 3 rings (SSSR count). The van der Waals surface area contributed by atoms with E-state index in [4.69, 9.17) is 4.74 Å². The van der Waals surface area contributed by atoms with Crippen LogP contribution in [0.2, 0.25) is 0 Å². The minimum Gasteiger partial charge on any atom is -0.496 e. The highest BCUT2D eigenvalue weighted by molar-refractivity contribution is 9.10. The van der Waals surface area contributed by atoms with E-state index in [-0.39, 0.29) is 5.82 Å². The molecule has 21 heavy (non-hydrogen) atoms. The Kier molecular flexibility index (Phi) is 3.76. The summed E-state index contributed by atoms with van der Waals surface area (Å²) in [5.74, 6) is 0.167. The van der Waals surface area contributed by atoms with Crippen LogP contribution in [0.15, 0.2) is 40.9 Å². The molecule has 0 amide bonds. The molecule has 0 bridgehead atoms. The van der Waals surface area contributed by atoms with Crippen molar-refractivity contribution in [2.75, 3.05) is 7.11 Å². The lowest BCUT2D eigenvalue weighted by molar-refractivity contribution is 0.0197. The number of halogens is 2. The number of ether oxygens (including phenoxy) is 1. The highest BCUT2D eigenvalue weighted by Gasteiger charge is 2.36. The number of methoxy groups -OCH3 is 1. The largest absolute Gasteiger partial charge is 0.496 e. The molecule has 0 spiro atoms. The van der Waals surface area contributed by atoms with Crippen LogP contribution < -0.4 is 4.74 Å². The third-order valence-electron chi connectivity index (χ3n) is 4.12. The zero-order valence-corrected chi connectivity index (χ0v) is 13.3. The van der Waals surface area contributed by atoms with E-state index >= 15 is 0 Å². The minimum absolute atomic E-state index is 0.360. The highest BCUT2D eigenvalue weighted by Crippen LogP contribution is 2.41. The summed E-state index contributed by atoms with van der Waals surface area (Å²) in [4.78, 5) is 0. The Labute approximate surface area is 131 Å². The maximum absolute atomic E-state index is 13.6. The molecule has 0 heterocycles. The van der Waals surface area contributed by atoms with Crippen molar-refractivity contribution in [1.29, 1.82) is 0 Å². The van der Waals surface area contributed by atoms with Crippen LogP contribution in [-0.4, -0.2) is 12.2 Å². The predicted octanol–water partition coefficient (Wildman–Crippen LogP) is 3.97. The van der Waals surface area contributed by atoms with Gasteiger partial charge in [0.05, 0.1) is 12.7 Å². The highest BCUT2D eigenvalue weighted by atomic mass is 79.9. The summed E-state index contributed by atoms with van der Waals surface area (Å²) in [5.41, 5.74) is 1.76. The molecule has 1 unspecified atom stereocenters. The van der Waals surface area contributed by atoms with E-state index in [0.29, 0.717) is 24.2 Å². The second-order valence-electron chi connectivity index (χ2n) is 5.47. The fourth-order valence-corrected chi connectivity index (χ4v) is 3.43. The fraction of sp³-hybridized carbons (Fsp3) is 0.294. The number of rotatable bonds is 2. The normalized spacial score (nSPS) is 21.0. The van der Waals surface area contributed by atoms with Crippen LogP contribution in [0, 0.1) is 5.82 Å². The predicted molar refractivity (Wildman–Crippen MR) is 83.0 cm³/mol. The fourth-order valence-electron chi connectivity index (χ4n) is 3.02. The van der Waals surface area contributed by atoms with Gasteiger partial charge < -0.3 is 9.84 Å². The maximum Gasteiger partial charge on any atom is 0.125 e. The number of benzene rings is 2. The van der Waals surface area contributed by atoms with E-state index in [0.717, 1.165) is 16.5 Å². The molecule has 1 N–H and O–H groups in total. The first kappa shape index (κ1) is 14.5. The summed E-state index contributed by atoms with van der Waals surface area (Å²) in [6.07, 6.45) is 1.77. The number of fused-ring (bicyclic) bond motifs is 1. The van der Waals surface area contributed by atoms with Gasteiger partial charge in [0.1, 0.15) is 11.6 Å². The molecule has 2 aromatic rings. The van der Waals surface area contributed by atoms with Crippen LogP contribution in [0.3, 0.4) is 0 Å². The first-order chi connectivity index (χ1) is 10.0. The Morgan fingerprint density at radius 1 is 1.19 bits per heavy atom. The molecule has 1 atom stereocenters. The number of hydrogen-bond donors (Lipinski definition) is 1. The monoisotopic (exact) mass is 350 g/mol. The Hall–Kier alpha value is -1.39. The summed E-state index contributed by atoms with van der Waals surface area (Å²) < 4.78 is 19.9. The maximum atomic E-state index is 13.6. The van der Waals surface area contributed by atoms with Gasteiger partial charge in [-0.2, -0.15) is 0 Å². The zero-order chi connectivity index (χ0) is 15.0. The molecule has 0 radical (unpaired) electrons. The van der Waals surface area contributed by atoms with Gasteiger partial charge in [-0.1, -0.05) is 22.0 Å². The molecule has 0 aromatic heterocycles. The summed E-state index contributed by atoms with van der Waals surface area (Å²) in [7, 11) is 1.54. The van der Waals surface area contributed by atoms with Gasteiger partial charge in [0.25, 0.3) is 0 Å². The van der Waals surface area contributed by atoms with Crippen molar-refractivity contribution in [2.45, 2.75) is 24.9 Å². The smallest absolute Gasteiger partial charge is 0.125 e. The molecule has 0 saturated heterocycles. The first-order valence-electron chi connectivity index (χ1n) is 6.85. The molecule has 110 valence electrons. The van der Waals surface area contributed by atoms with Crippen LogP contribution >= 0.6 is 15.9 Å². The third kappa shape index (κ3) is 2.70. The quantitative estimate of drug-likeness (QED) is 0.887. The first-order valence-corrected chi connectivity index (χ1v) is 7.65. The van der Waals surface area contributed by atoms with E-state index in [2.05, 4.69) is 22.0 Å². The van der Waals surface area contributed by atoms with Crippen molar-refractivity contribution in [2.24, 2.45) is 0 Å². The van der Waals surface area contributed by atoms with Crippen LogP contribution in [0.25, 0.3) is 0 Å². The summed E-state index contributed by atoms with van der Waals surface area (Å²) in [5, 5.41) is 11.0. The molecule has 1 aliphatic carbocycles. The Balaban J connectivity index is 2.03. The molecule has 1 aliphatic rings. The van der Waals surface area contributed by atoms with Gasteiger partial charge in [-0.05, 0) is 54.3 Å². The van der Waals surface area contributed by atoms with Crippen molar-refractivity contribution < 1.29 is 14.2 Å². The van der Waals surface area contributed by atoms with Gasteiger partial charge in [-0.25, -0.2) is 4.39 Å². The molecule has 4 heteroatoms. The Bertz CT molecular complexity index is 686. The second kappa shape index (κ2) is 5.43. The van der Waals surface area contributed by atoms with E-state index in [1.807, 2.05) is 12.1 Å². The lowest BCUT2D eigenvalue weighted by atomic mass is 9.76. The molecular formula is C17H16BrFO2. The molecule has 0 aliphatic heterocycles. The molecule has 2 nitrogen and oxygen atoms in total. The van der Waals surface area contributed by atoms with Gasteiger partial charge in [0.15, 0.2) is 0 Å². The van der Waals surface area contributed by atoms with Gasteiger partial charge in [0.2, 0.25) is 0 Å².